The Hall–Kier alpha value is -4.29. The van der Waals surface area contributed by atoms with Crippen molar-refractivity contribution < 1.29 is 23.1 Å². The Morgan fingerprint density at radius 3 is 2.42 bits per heavy atom. The number of anilines is 1. The molecule has 0 aliphatic rings. The van der Waals surface area contributed by atoms with Crippen LogP contribution in [0.2, 0.25) is 0 Å². The number of carbonyl (C=O) groups excluding carboxylic acids is 1. The number of rotatable bonds is 12. The molecule has 4 N–H and O–H groups in total. The van der Waals surface area contributed by atoms with Gasteiger partial charge in [0.2, 0.25) is 10.0 Å². The zero-order valence-corrected chi connectivity index (χ0v) is 23.3. The number of aliphatic carboxylic acids is 1. The second kappa shape index (κ2) is 12.3. The van der Waals surface area contributed by atoms with Crippen LogP contribution >= 0.6 is 0 Å². The first-order chi connectivity index (χ1) is 19.1. The van der Waals surface area contributed by atoms with E-state index in [9.17, 15) is 23.1 Å². The van der Waals surface area contributed by atoms with Crippen molar-refractivity contribution in [2.45, 2.75) is 37.6 Å². The second-order valence-corrected chi connectivity index (χ2v) is 11.1. The zero-order valence-electron chi connectivity index (χ0n) is 22.5. The highest BCUT2D eigenvalue weighted by atomic mass is 32.2. The monoisotopic (exact) mass is 564 g/mol. The van der Waals surface area contributed by atoms with Gasteiger partial charge >= 0.3 is 5.97 Å². The Bertz CT molecular complexity index is 1620. The smallest absolute Gasteiger partial charge is 0.323 e. The number of nitrogens with one attached hydrogen (secondary N) is 3. The van der Waals surface area contributed by atoms with Gasteiger partial charge in [-0.3, -0.25) is 14.3 Å². The number of aryl methyl sites for hydroxylation is 4. The number of benzene rings is 2. The fourth-order valence-corrected chi connectivity index (χ4v) is 6.32. The molecule has 0 saturated carbocycles. The van der Waals surface area contributed by atoms with Crippen LogP contribution in [0, 0.1) is 13.8 Å². The maximum Gasteiger partial charge on any atom is 0.323 e. The summed E-state index contributed by atoms with van der Waals surface area (Å²) in [6.07, 6.45) is 3.18. The summed E-state index contributed by atoms with van der Waals surface area (Å²) in [5.41, 5.74) is 2.74. The number of aromatic nitrogens is 3. The normalized spacial score (nSPS) is 12.3. The lowest BCUT2D eigenvalue weighted by Crippen LogP contribution is -2.48. The van der Waals surface area contributed by atoms with E-state index in [0.29, 0.717) is 35.2 Å². The van der Waals surface area contributed by atoms with E-state index in [0.717, 1.165) is 23.3 Å². The quantitative estimate of drug-likeness (QED) is 0.192. The average Bonchev–Trinajstić information content (AvgIpc) is 3.24. The number of sulfonamides is 1. The number of pyridine rings is 1. The summed E-state index contributed by atoms with van der Waals surface area (Å²) < 4.78 is 29.9. The first kappa shape index (κ1) is 28.7. The predicted octanol–water partition coefficient (Wildman–Crippen LogP) is 2.79. The number of hydrogen-bond donors (Lipinski definition) is 4. The Balaban J connectivity index is 1.45. The number of nitrogens with zero attached hydrogens (tertiary/aromatic N) is 3. The summed E-state index contributed by atoms with van der Waals surface area (Å²) in [5.74, 6) is -1.15. The molecule has 40 heavy (non-hydrogen) atoms. The van der Waals surface area contributed by atoms with Crippen molar-refractivity contribution in [3.8, 4) is 0 Å². The maximum absolute atomic E-state index is 13.2. The predicted molar refractivity (Wildman–Crippen MR) is 152 cm³/mol. The van der Waals surface area contributed by atoms with E-state index in [1.807, 2.05) is 24.3 Å². The highest BCUT2D eigenvalue weighted by Gasteiger charge is 2.28. The topological polar surface area (TPSA) is 155 Å². The van der Waals surface area contributed by atoms with Gasteiger partial charge in [0.05, 0.1) is 21.7 Å². The largest absolute Gasteiger partial charge is 0.480 e. The van der Waals surface area contributed by atoms with Gasteiger partial charge in [-0.2, -0.15) is 9.82 Å². The van der Waals surface area contributed by atoms with Gasteiger partial charge in [0.25, 0.3) is 5.91 Å². The SMILES string of the molecule is Cc1cccc(C)c1S(=O)(=O)NC(CNC(=O)c1cccc2c(CCCNc3ccccn3)nn(C)c12)C(=O)O. The van der Waals surface area contributed by atoms with Gasteiger partial charge in [0.15, 0.2) is 0 Å². The van der Waals surface area contributed by atoms with Gasteiger partial charge in [0, 0.05) is 31.7 Å². The summed E-state index contributed by atoms with van der Waals surface area (Å²) in [6.45, 7) is 3.53. The number of carboxylic acids is 1. The minimum atomic E-state index is -4.15. The van der Waals surface area contributed by atoms with Crippen LogP contribution in [0.1, 0.15) is 33.6 Å². The van der Waals surface area contributed by atoms with Crippen LogP contribution in [-0.2, 0) is 28.3 Å². The maximum atomic E-state index is 13.2. The van der Waals surface area contributed by atoms with E-state index < -0.39 is 34.5 Å². The summed E-state index contributed by atoms with van der Waals surface area (Å²) in [7, 11) is -2.41. The summed E-state index contributed by atoms with van der Waals surface area (Å²) >= 11 is 0. The molecule has 4 rings (SSSR count). The molecule has 0 radical (unpaired) electrons. The molecule has 2 heterocycles. The molecule has 2 aromatic carbocycles. The molecule has 0 aliphatic carbocycles. The molecule has 11 nitrogen and oxygen atoms in total. The van der Waals surface area contributed by atoms with Crippen LogP contribution in [0.15, 0.2) is 65.7 Å². The molecule has 1 amide bonds. The molecule has 0 spiro atoms. The number of amides is 1. The van der Waals surface area contributed by atoms with Crippen molar-refractivity contribution in [1.82, 2.24) is 24.8 Å². The van der Waals surface area contributed by atoms with Gasteiger partial charge in [0.1, 0.15) is 11.9 Å². The van der Waals surface area contributed by atoms with E-state index in [4.69, 9.17) is 0 Å². The van der Waals surface area contributed by atoms with Crippen molar-refractivity contribution in [3.63, 3.8) is 0 Å². The molecule has 210 valence electrons. The minimum absolute atomic E-state index is 0.0231. The molecular weight excluding hydrogens is 532 g/mol. The van der Waals surface area contributed by atoms with E-state index in [1.54, 1.807) is 62.1 Å². The Kier molecular flexibility index (Phi) is 8.80. The van der Waals surface area contributed by atoms with Crippen LogP contribution in [0.3, 0.4) is 0 Å². The van der Waals surface area contributed by atoms with E-state index in [1.165, 1.54) is 0 Å². The van der Waals surface area contributed by atoms with Crippen LogP contribution in [0.25, 0.3) is 10.9 Å². The lowest BCUT2D eigenvalue weighted by molar-refractivity contribution is -0.138. The summed E-state index contributed by atoms with van der Waals surface area (Å²) in [4.78, 5) is 29.3. The minimum Gasteiger partial charge on any atom is -0.480 e. The lowest BCUT2D eigenvalue weighted by Gasteiger charge is -2.18. The Labute approximate surface area is 232 Å². The average molecular weight is 565 g/mol. The van der Waals surface area contributed by atoms with Crippen molar-refractivity contribution >= 4 is 38.6 Å². The first-order valence-electron chi connectivity index (χ1n) is 12.8. The summed E-state index contributed by atoms with van der Waals surface area (Å²) in [5, 5.41) is 21.0. The Morgan fingerprint density at radius 1 is 1.02 bits per heavy atom. The third-order valence-electron chi connectivity index (χ3n) is 6.49. The van der Waals surface area contributed by atoms with Gasteiger partial charge in [-0.15, -0.1) is 0 Å². The van der Waals surface area contributed by atoms with E-state index in [-0.39, 0.29) is 4.90 Å². The standard InChI is InChI=1S/C28H32N6O5S/c1-18-9-6-10-19(2)26(18)40(38,39)33-23(28(36)37)17-31-27(35)21-12-7-11-20-22(32-34(3)25(20)21)13-8-16-30-24-14-4-5-15-29-24/h4-7,9-12,14-15,23,33H,8,13,16-17H2,1-3H3,(H,29,30)(H,31,35)(H,36,37). The lowest BCUT2D eigenvalue weighted by atomic mass is 10.1. The van der Waals surface area contributed by atoms with Crippen LogP contribution in [0.4, 0.5) is 5.82 Å². The zero-order chi connectivity index (χ0) is 28.9. The first-order valence-corrected chi connectivity index (χ1v) is 14.3. The highest BCUT2D eigenvalue weighted by molar-refractivity contribution is 7.89. The van der Waals surface area contributed by atoms with Crippen LogP contribution < -0.4 is 15.4 Å². The van der Waals surface area contributed by atoms with Crippen LogP contribution in [-0.4, -0.2) is 59.3 Å². The van der Waals surface area contributed by atoms with Gasteiger partial charge in [-0.05, 0) is 56.0 Å². The number of hydrogen-bond acceptors (Lipinski definition) is 7. The van der Waals surface area contributed by atoms with Crippen molar-refractivity contribution in [3.05, 3.63) is 83.2 Å². The number of para-hydroxylation sites is 1. The number of carbonyl (C=O) groups is 2. The van der Waals surface area contributed by atoms with Gasteiger partial charge in [-0.25, -0.2) is 13.4 Å². The molecule has 0 saturated heterocycles. The van der Waals surface area contributed by atoms with E-state index >= 15 is 0 Å². The number of fused-ring (bicyclic) bond motifs is 1. The molecule has 0 bridgehead atoms. The molecule has 2 aromatic heterocycles. The summed E-state index contributed by atoms with van der Waals surface area (Å²) in [6, 6.07) is 14.3. The fourth-order valence-electron chi connectivity index (χ4n) is 4.66. The molecule has 1 atom stereocenters. The molecule has 0 aliphatic heterocycles. The fraction of sp³-hybridized carbons (Fsp3) is 0.286. The third kappa shape index (κ3) is 6.46. The Morgan fingerprint density at radius 2 is 1.75 bits per heavy atom. The van der Waals surface area contributed by atoms with Crippen molar-refractivity contribution in [2.24, 2.45) is 7.05 Å². The molecule has 0 fully saturated rings. The van der Waals surface area contributed by atoms with Crippen molar-refractivity contribution in [1.29, 1.82) is 0 Å². The molecule has 12 heteroatoms. The van der Waals surface area contributed by atoms with Crippen LogP contribution in [0.5, 0.6) is 0 Å². The van der Waals surface area contributed by atoms with E-state index in [2.05, 4.69) is 25.4 Å². The molecule has 4 aromatic rings. The third-order valence-corrected chi connectivity index (χ3v) is 8.26. The van der Waals surface area contributed by atoms with Gasteiger partial charge < -0.3 is 15.7 Å². The van der Waals surface area contributed by atoms with Gasteiger partial charge in [-0.1, -0.05) is 36.4 Å². The molecule has 1 unspecified atom stereocenters. The number of carboxylic acid groups (broad SMARTS) is 1. The second-order valence-electron chi connectivity index (χ2n) is 9.46. The highest BCUT2D eigenvalue weighted by Crippen LogP contribution is 2.23. The van der Waals surface area contributed by atoms with Crippen molar-refractivity contribution in [2.75, 3.05) is 18.4 Å². The molecular formula is C28H32N6O5S.